The third kappa shape index (κ3) is 2.77. The molecule has 3 nitrogen and oxygen atoms in total. The molecule has 1 rings (SSSR count). The van der Waals surface area contributed by atoms with Crippen LogP contribution < -0.4 is 11.3 Å². The van der Waals surface area contributed by atoms with Crippen LogP contribution in [0, 0.1) is 0 Å². The molecule has 1 saturated heterocycles. The van der Waals surface area contributed by atoms with Gasteiger partial charge in [-0.15, -0.1) is 0 Å². The van der Waals surface area contributed by atoms with Crippen molar-refractivity contribution in [3.63, 3.8) is 0 Å². The fourth-order valence-corrected chi connectivity index (χ4v) is 1.64. The molecule has 0 atom stereocenters. The van der Waals surface area contributed by atoms with Crippen molar-refractivity contribution in [3.8, 4) is 0 Å². The van der Waals surface area contributed by atoms with Crippen LogP contribution in [0.1, 0.15) is 26.2 Å². The third-order valence-electron chi connectivity index (χ3n) is 2.36. The van der Waals surface area contributed by atoms with Gasteiger partial charge in [-0.05, 0) is 38.9 Å². The van der Waals surface area contributed by atoms with Gasteiger partial charge in [0.05, 0.1) is 0 Å². The maximum Gasteiger partial charge on any atom is 0.0234 e. The third-order valence-corrected chi connectivity index (χ3v) is 2.36. The van der Waals surface area contributed by atoms with Gasteiger partial charge >= 0.3 is 0 Å². The topological polar surface area (TPSA) is 41.3 Å². The van der Waals surface area contributed by atoms with Crippen molar-refractivity contribution >= 4 is 0 Å². The summed E-state index contributed by atoms with van der Waals surface area (Å²) < 4.78 is 0. The lowest BCUT2D eigenvalue weighted by molar-refractivity contribution is 0.199. The van der Waals surface area contributed by atoms with Gasteiger partial charge in [-0.25, -0.2) is 0 Å². The molecule has 3 heteroatoms. The Labute approximate surface area is 68.9 Å². The van der Waals surface area contributed by atoms with Gasteiger partial charge in [-0.1, -0.05) is 6.92 Å². The Bertz CT molecular complexity index is 97.5. The molecule has 0 aromatic heterocycles. The highest BCUT2D eigenvalue weighted by atomic mass is 15.2. The lowest BCUT2D eigenvalue weighted by atomic mass is 10.1. The maximum atomic E-state index is 5.35. The van der Waals surface area contributed by atoms with Crippen LogP contribution in [-0.4, -0.2) is 30.6 Å². The monoisotopic (exact) mass is 157 g/mol. The van der Waals surface area contributed by atoms with Crippen molar-refractivity contribution in [3.05, 3.63) is 0 Å². The number of hydrogen-bond donors (Lipinski definition) is 2. The second-order valence-electron chi connectivity index (χ2n) is 3.28. The smallest absolute Gasteiger partial charge is 0.0234 e. The Balaban J connectivity index is 2.14. The molecule has 0 aromatic carbocycles. The van der Waals surface area contributed by atoms with E-state index in [1.54, 1.807) is 0 Å². The van der Waals surface area contributed by atoms with E-state index in [1.165, 1.54) is 38.9 Å². The van der Waals surface area contributed by atoms with E-state index in [0.717, 1.165) is 0 Å². The molecule has 11 heavy (non-hydrogen) atoms. The van der Waals surface area contributed by atoms with Crippen LogP contribution in [0.5, 0.6) is 0 Å². The summed E-state index contributed by atoms with van der Waals surface area (Å²) in [5.74, 6) is 5.35. The molecule has 0 aliphatic carbocycles. The van der Waals surface area contributed by atoms with E-state index in [0.29, 0.717) is 6.04 Å². The second-order valence-corrected chi connectivity index (χ2v) is 3.28. The first-order valence-corrected chi connectivity index (χ1v) is 4.55. The van der Waals surface area contributed by atoms with Gasteiger partial charge in [0.2, 0.25) is 0 Å². The second kappa shape index (κ2) is 4.70. The van der Waals surface area contributed by atoms with Crippen molar-refractivity contribution in [2.24, 2.45) is 5.84 Å². The molecule has 0 bridgehead atoms. The number of nitrogens with two attached hydrogens (primary N) is 1. The molecule has 0 spiro atoms. The van der Waals surface area contributed by atoms with Crippen LogP contribution in [0.25, 0.3) is 0 Å². The molecule has 0 saturated carbocycles. The summed E-state index contributed by atoms with van der Waals surface area (Å²) in [6.45, 7) is 5.90. The van der Waals surface area contributed by atoms with E-state index in [2.05, 4.69) is 17.2 Å². The molecule has 66 valence electrons. The number of rotatable bonds is 3. The molecule has 1 heterocycles. The molecule has 0 aromatic rings. The van der Waals surface area contributed by atoms with Gasteiger partial charge < -0.3 is 4.90 Å². The minimum Gasteiger partial charge on any atom is -0.303 e. The summed E-state index contributed by atoms with van der Waals surface area (Å²) in [6, 6.07) is 0.558. The average Bonchev–Trinajstić information content (AvgIpc) is 2.07. The van der Waals surface area contributed by atoms with Crippen LogP contribution in [0.4, 0.5) is 0 Å². The lowest BCUT2D eigenvalue weighted by Gasteiger charge is -2.31. The molecule has 1 fully saturated rings. The van der Waals surface area contributed by atoms with Gasteiger partial charge in [0.1, 0.15) is 0 Å². The van der Waals surface area contributed by atoms with Crippen molar-refractivity contribution in [2.45, 2.75) is 32.2 Å². The van der Waals surface area contributed by atoms with Crippen molar-refractivity contribution < 1.29 is 0 Å². The molecule has 0 amide bonds. The van der Waals surface area contributed by atoms with Crippen LogP contribution >= 0.6 is 0 Å². The van der Waals surface area contributed by atoms with Gasteiger partial charge in [0, 0.05) is 6.04 Å². The summed E-state index contributed by atoms with van der Waals surface area (Å²) in [5, 5.41) is 0. The Morgan fingerprint density at radius 2 is 2.09 bits per heavy atom. The predicted molar refractivity (Wildman–Crippen MR) is 47.1 cm³/mol. The van der Waals surface area contributed by atoms with Crippen LogP contribution in [0.3, 0.4) is 0 Å². The van der Waals surface area contributed by atoms with Gasteiger partial charge in [0.25, 0.3) is 0 Å². The first kappa shape index (κ1) is 8.97. The number of piperidine rings is 1. The molecule has 3 N–H and O–H groups in total. The van der Waals surface area contributed by atoms with E-state index in [-0.39, 0.29) is 0 Å². The van der Waals surface area contributed by atoms with E-state index >= 15 is 0 Å². The van der Waals surface area contributed by atoms with Crippen molar-refractivity contribution in [2.75, 3.05) is 19.6 Å². The maximum absolute atomic E-state index is 5.35. The number of hydrazine groups is 1. The molecular formula is C8H19N3. The number of nitrogens with zero attached hydrogens (tertiary/aromatic N) is 1. The number of nitrogens with one attached hydrogen (secondary N) is 1. The largest absolute Gasteiger partial charge is 0.303 e. The zero-order chi connectivity index (χ0) is 8.10. The standard InChI is InChI=1S/C8H19N3/c1-2-5-11-6-3-8(10-9)4-7-11/h8,10H,2-7,9H2,1H3. The summed E-state index contributed by atoms with van der Waals surface area (Å²) >= 11 is 0. The van der Waals surface area contributed by atoms with Crippen LogP contribution in [-0.2, 0) is 0 Å². The number of hydrogen-bond acceptors (Lipinski definition) is 3. The Morgan fingerprint density at radius 1 is 1.45 bits per heavy atom. The van der Waals surface area contributed by atoms with E-state index in [1.807, 2.05) is 0 Å². The highest BCUT2D eigenvalue weighted by Crippen LogP contribution is 2.09. The van der Waals surface area contributed by atoms with E-state index in [4.69, 9.17) is 5.84 Å². The first-order valence-electron chi connectivity index (χ1n) is 4.55. The summed E-state index contributed by atoms with van der Waals surface area (Å²) in [5.41, 5.74) is 2.84. The van der Waals surface area contributed by atoms with Gasteiger partial charge in [-0.3, -0.25) is 11.3 Å². The highest BCUT2D eigenvalue weighted by molar-refractivity contribution is 4.74. The average molecular weight is 157 g/mol. The number of likely N-dealkylation sites (tertiary alicyclic amines) is 1. The predicted octanol–water partition coefficient (Wildman–Crippen LogP) is 0.324. The Kier molecular flexibility index (Phi) is 3.83. The molecular weight excluding hydrogens is 138 g/mol. The SMILES string of the molecule is CCCN1CCC(NN)CC1. The molecule has 0 radical (unpaired) electrons. The van der Waals surface area contributed by atoms with Gasteiger partial charge in [-0.2, -0.15) is 0 Å². The first-order chi connectivity index (χ1) is 5.36. The van der Waals surface area contributed by atoms with E-state index < -0.39 is 0 Å². The molecule has 1 aliphatic heterocycles. The minimum absolute atomic E-state index is 0.558. The van der Waals surface area contributed by atoms with Crippen LogP contribution in [0.2, 0.25) is 0 Å². The summed E-state index contributed by atoms with van der Waals surface area (Å²) in [6.07, 6.45) is 3.67. The molecule has 1 aliphatic rings. The highest BCUT2D eigenvalue weighted by Gasteiger charge is 2.16. The fourth-order valence-electron chi connectivity index (χ4n) is 1.64. The zero-order valence-corrected chi connectivity index (χ0v) is 7.34. The van der Waals surface area contributed by atoms with Crippen molar-refractivity contribution in [1.82, 2.24) is 10.3 Å². The Hall–Kier alpha value is -0.120. The van der Waals surface area contributed by atoms with Crippen LogP contribution in [0.15, 0.2) is 0 Å². The van der Waals surface area contributed by atoms with Crippen molar-refractivity contribution in [1.29, 1.82) is 0 Å². The lowest BCUT2D eigenvalue weighted by Crippen LogP contribution is -2.45. The Morgan fingerprint density at radius 3 is 2.55 bits per heavy atom. The quantitative estimate of drug-likeness (QED) is 0.458. The molecule has 0 unspecified atom stereocenters. The van der Waals surface area contributed by atoms with Gasteiger partial charge in [0.15, 0.2) is 0 Å². The minimum atomic E-state index is 0.558. The van der Waals surface area contributed by atoms with E-state index in [9.17, 15) is 0 Å². The summed E-state index contributed by atoms with van der Waals surface area (Å²) in [7, 11) is 0. The summed E-state index contributed by atoms with van der Waals surface area (Å²) in [4.78, 5) is 2.51. The normalized spacial score (nSPS) is 22.4. The fraction of sp³-hybridized carbons (Fsp3) is 1.00. The zero-order valence-electron chi connectivity index (χ0n) is 7.34.